The molecule has 0 aromatic carbocycles. The van der Waals surface area contributed by atoms with E-state index in [1.165, 1.54) is 4.90 Å². The second-order valence-corrected chi connectivity index (χ2v) is 9.28. The van der Waals surface area contributed by atoms with Gasteiger partial charge < -0.3 is 34.3 Å². The summed E-state index contributed by atoms with van der Waals surface area (Å²) in [6.07, 6.45) is 0. The van der Waals surface area contributed by atoms with Crippen molar-refractivity contribution in [3.8, 4) is 0 Å². The van der Waals surface area contributed by atoms with Crippen LogP contribution in [0.3, 0.4) is 0 Å². The molecular weight excluding hydrogens is 435 g/mol. The van der Waals surface area contributed by atoms with Crippen LogP contribution in [0.25, 0.3) is 0 Å². The third kappa shape index (κ3) is 19.3. The molecule has 0 aliphatic carbocycles. The summed E-state index contributed by atoms with van der Waals surface area (Å²) in [4.78, 5) is 56.9. The molecule has 0 aromatic rings. The highest BCUT2D eigenvalue weighted by Gasteiger charge is 2.22. The van der Waals surface area contributed by atoms with Crippen LogP contribution in [0.4, 0.5) is 0 Å². The molecule has 0 fully saturated rings. The summed E-state index contributed by atoms with van der Waals surface area (Å²) >= 11 is 0. The molecule has 0 aromatic heterocycles. The Morgan fingerprint density at radius 1 is 0.593 bits per heavy atom. The maximum absolute atomic E-state index is 10.8. The lowest BCUT2D eigenvalue weighted by molar-refractivity contribution is 0.0104. The third-order valence-corrected chi connectivity index (χ3v) is 4.18. The lowest BCUT2D eigenvalue weighted by Crippen LogP contribution is -2.40. The van der Waals surface area contributed by atoms with Crippen LogP contribution >= 0.6 is 23.5 Å². The predicted molar refractivity (Wildman–Crippen MR) is 90.8 cm³/mol. The minimum absolute atomic E-state index is 0.0584. The molecule has 0 amide bonds. The van der Waals surface area contributed by atoms with E-state index >= 15 is 0 Å². The van der Waals surface area contributed by atoms with Crippen molar-refractivity contribution < 1.29 is 56.6 Å². The quantitative estimate of drug-likeness (QED) is 0.119. The van der Waals surface area contributed by atoms with Gasteiger partial charge in [0.2, 0.25) is 0 Å². The molecule has 164 valence electrons. The molecule has 0 spiro atoms. The van der Waals surface area contributed by atoms with Gasteiger partial charge in [-0.25, -0.2) is 13.7 Å². The molecule has 0 unspecified atom stereocenters. The van der Waals surface area contributed by atoms with Crippen LogP contribution in [-0.4, -0.2) is 105 Å². The van der Waals surface area contributed by atoms with Crippen LogP contribution in [0.15, 0.2) is 0 Å². The van der Waals surface area contributed by atoms with Crippen molar-refractivity contribution >= 4 is 23.5 Å². The van der Waals surface area contributed by atoms with Crippen molar-refractivity contribution in [1.29, 1.82) is 0 Å². The van der Waals surface area contributed by atoms with Gasteiger partial charge in [-0.2, -0.15) is 0 Å². The van der Waals surface area contributed by atoms with Gasteiger partial charge in [0.1, 0.15) is 20.2 Å². The molecule has 0 saturated carbocycles. The standard InChI is InChI=1S/C9H26N3O12P3/c1-10(2)3-4-11(7-22-25(13,14)15)5-6-12(8-23-26(16,17)18)9-24-27(19,20)21/h3-9H2,1-2H3,(H2,13,14,15)(H2,16,17,18)(H2,19,20,21). The number of likely N-dealkylation sites (N-methyl/N-ethyl adjacent to an activating group) is 1. The number of rotatable bonds is 15. The Balaban J connectivity index is 4.83. The number of phosphoric ester groups is 3. The molecular formula is C9H26N3O12P3. The van der Waals surface area contributed by atoms with Crippen molar-refractivity contribution in [3.63, 3.8) is 0 Å². The largest absolute Gasteiger partial charge is 0.470 e. The second kappa shape index (κ2) is 12.0. The molecule has 0 heterocycles. The first-order valence-corrected chi connectivity index (χ1v) is 11.9. The zero-order valence-corrected chi connectivity index (χ0v) is 17.4. The fourth-order valence-corrected chi connectivity index (χ4v) is 2.44. The molecule has 6 N–H and O–H groups in total. The zero-order chi connectivity index (χ0) is 21.3. The Bertz CT molecular complexity index is 534. The fraction of sp³-hybridized carbons (Fsp3) is 1.00. The highest BCUT2D eigenvalue weighted by atomic mass is 31.2. The molecule has 18 heteroatoms. The molecule has 27 heavy (non-hydrogen) atoms. The lowest BCUT2D eigenvalue weighted by atomic mass is 10.4. The van der Waals surface area contributed by atoms with Crippen LogP contribution in [-0.2, 0) is 27.3 Å². The minimum atomic E-state index is -4.83. The summed E-state index contributed by atoms with van der Waals surface area (Å²) in [5, 5.41) is 0. The number of nitrogens with zero attached hydrogens (tertiary/aromatic N) is 3. The Kier molecular flexibility index (Phi) is 12.1. The van der Waals surface area contributed by atoms with E-state index in [2.05, 4.69) is 13.6 Å². The molecule has 0 radical (unpaired) electrons. The molecule has 0 atom stereocenters. The third-order valence-electron chi connectivity index (χ3n) is 2.82. The van der Waals surface area contributed by atoms with Gasteiger partial charge in [0, 0.05) is 26.2 Å². The van der Waals surface area contributed by atoms with Crippen molar-refractivity contribution in [3.05, 3.63) is 0 Å². The fourth-order valence-electron chi connectivity index (χ4n) is 1.50. The van der Waals surface area contributed by atoms with E-state index in [0.29, 0.717) is 13.1 Å². The van der Waals surface area contributed by atoms with Crippen LogP contribution in [0.2, 0.25) is 0 Å². The maximum Gasteiger partial charge on any atom is 0.470 e. The van der Waals surface area contributed by atoms with Crippen LogP contribution in [0, 0.1) is 0 Å². The monoisotopic (exact) mass is 461 g/mol. The summed E-state index contributed by atoms with van der Waals surface area (Å²) in [5.41, 5.74) is 0. The lowest BCUT2D eigenvalue weighted by Gasteiger charge is -2.28. The molecule has 0 bridgehead atoms. The molecule has 0 saturated heterocycles. The summed E-state index contributed by atoms with van der Waals surface area (Å²) in [6, 6.07) is 0. The van der Waals surface area contributed by atoms with E-state index in [0.717, 1.165) is 4.90 Å². The predicted octanol–water partition coefficient (Wildman–Crippen LogP) is -1.65. The topological polar surface area (TPSA) is 210 Å². The van der Waals surface area contributed by atoms with Gasteiger partial charge in [0.15, 0.2) is 0 Å². The average molecular weight is 461 g/mol. The van der Waals surface area contributed by atoms with E-state index < -0.39 is 43.7 Å². The van der Waals surface area contributed by atoms with Gasteiger partial charge in [-0.1, -0.05) is 0 Å². The van der Waals surface area contributed by atoms with Gasteiger partial charge >= 0.3 is 23.5 Å². The van der Waals surface area contributed by atoms with Crippen molar-refractivity contribution in [2.45, 2.75) is 0 Å². The Labute approximate surface area is 156 Å². The van der Waals surface area contributed by atoms with Gasteiger partial charge in [0.05, 0.1) is 0 Å². The van der Waals surface area contributed by atoms with E-state index in [1.54, 1.807) is 19.0 Å². The van der Waals surface area contributed by atoms with E-state index in [-0.39, 0.29) is 13.1 Å². The summed E-state index contributed by atoms with van der Waals surface area (Å²) < 4.78 is 45.4. The van der Waals surface area contributed by atoms with E-state index in [9.17, 15) is 13.7 Å². The number of hydrogen-bond acceptors (Lipinski definition) is 9. The Morgan fingerprint density at radius 2 is 0.889 bits per heavy atom. The first kappa shape index (κ1) is 27.2. The van der Waals surface area contributed by atoms with Crippen molar-refractivity contribution in [2.75, 3.05) is 60.5 Å². The molecule has 0 rings (SSSR count). The zero-order valence-electron chi connectivity index (χ0n) is 14.8. The van der Waals surface area contributed by atoms with Gasteiger partial charge in [-0.15, -0.1) is 0 Å². The summed E-state index contributed by atoms with van der Waals surface area (Å²) in [6.45, 7) is -1.04. The summed E-state index contributed by atoms with van der Waals surface area (Å²) in [7, 11) is -10.8. The Morgan fingerprint density at radius 3 is 1.22 bits per heavy atom. The minimum Gasteiger partial charge on any atom is -0.308 e. The molecule has 0 aliphatic heterocycles. The summed E-state index contributed by atoms with van der Waals surface area (Å²) in [5.74, 6) is 0. The second-order valence-electron chi connectivity index (χ2n) is 5.56. The van der Waals surface area contributed by atoms with Gasteiger partial charge in [-0.05, 0) is 14.1 Å². The van der Waals surface area contributed by atoms with Crippen molar-refractivity contribution in [1.82, 2.24) is 14.7 Å². The van der Waals surface area contributed by atoms with Crippen LogP contribution in [0.5, 0.6) is 0 Å². The normalized spacial score (nSPS) is 13.9. The average Bonchev–Trinajstić information content (AvgIpc) is 2.44. The van der Waals surface area contributed by atoms with Crippen molar-refractivity contribution in [2.24, 2.45) is 0 Å². The SMILES string of the molecule is CN(C)CCN(CCN(COP(=O)(O)O)COP(=O)(O)O)COP(=O)(O)O. The molecule has 0 aliphatic rings. The Hall–Kier alpha value is 0.210. The molecule has 15 nitrogen and oxygen atoms in total. The van der Waals surface area contributed by atoms with Crippen LogP contribution < -0.4 is 0 Å². The first-order valence-electron chi connectivity index (χ1n) is 7.27. The first-order chi connectivity index (χ1) is 12.1. The maximum atomic E-state index is 10.8. The van der Waals surface area contributed by atoms with E-state index in [1.807, 2.05) is 0 Å². The highest BCUT2D eigenvalue weighted by molar-refractivity contribution is 7.46. The van der Waals surface area contributed by atoms with Gasteiger partial charge in [0.25, 0.3) is 0 Å². The highest BCUT2D eigenvalue weighted by Crippen LogP contribution is 2.38. The number of phosphoric acid groups is 3. The number of hydrogen-bond donors (Lipinski definition) is 6. The van der Waals surface area contributed by atoms with Gasteiger partial charge in [-0.3, -0.25) is 23.4 Å². The van der Waals surface area contributed by atoms with E-state index in [4.69, 9.17) is 29.4 Å². The smallest absolute Gasteiger partial charge is 0.308 e. The van der Waals surface area contributed by atoms with Crippen LogP contribution in [0.1, 0.15) is 0 Å².